The molecule has 7 nitrogen and oxygen atoms in total. The van der Waals surface area contributed by atoms with E-state index in [-0.39, 0.29) is 30.9 Å². The minimum absolute atomic E-state index is 0.0413. The molecule has 178 valence electrons. The Morgan fingerprint density at radius 3 is 2.23 bits per heavy atom. The molecule has 5 rings (SSSR count). The number of carboxylic acids is 1. The van der Waals surface area contributed by atoms with E-state index >= 15 is 0 Å². The molecule has 0 unspecified atom stereocenters. The Bertz CT molecular complexity index is 1260. The smallest absolute Gasteiger partial charge is 0.411 e. The summed E-state index contributed by atoms with van der Waals surface area (Å²) in [5, 5.41) is 12.0. The molecule has 0 aromatic heterocycles. The van der Waals surface area contributed by atoms with E-state index in [0.717, 1.165) is 22.3 Å². The van der Waals surface area contributed by atoms with Crippen molar-refractivity contribution < 1.29 is 24.2 Å². The Kier molecular flexibility index (Phi) is 5.99. The van der Waals surface area contributed by atoms with Gasteiger partial charge in [-0.25, -0.2) is 4.79 Å². The molecule has 1 aliphatic carbocycles. The number of ether oxygens (including phenoxy) is 1. The Hall–Kier alpha value is -4.13. The molecular weight excluding hydrogens is 444 g/mol. The van der Waals surface area contributed by atoms with E-state index in [2.05, 4.69) is 29.6 Å². The highest BCUT2D eigenvalue weighted by molar-refractivity contribution is 5.97. The standard InChI is InChI=1S/C28H26N2O5/c1-17-14-30(15-24(17)27(32)33)26(31)18-7-6-8-19(13-18)29-28(34)35-16-25-22-11-4-2-9-20(22)21-10-3-5-12-23(21)25/h2-13,17,24-25H,14-16H2,1H3,(H,29,34)(H,32,33)/t17-,24-/m1/s1. The summed E-state index contributed by atoms with van der Waals surface area (Å²) >= 11 is 0. The van der Waals surface area contributed by atoms with Gasteiger partial charge in [0.2, 0.25) is 0 Å². The molecule has 2 atom stereocenters. The first-order chi connectivity index (χ1) is 16.9. The SMILES string of the molecule is C[C@@H]1CN(C(=O)c2cccc(NC(=O)OCC3c4ccccc4-c4ccccc43)c2)C[C@H]1C(=O)O. The van der Waals surface area contributed by atoms with Crippen LogP contribution in [-0.4, -0.2) is 47.7 Å². The van der Waals surface area contributed by atoms with Crippen LogP contribution in [0.15, 0.2) is 72.8 Å². The molecule has 1 heterocycles. The van der Waals surface area contributed by atoms with Crippen molar-refractivity contribution in [3.05, 3.63) is 89.5 Å². The number of likely N-dealkylation sites (tertiary alicyclic amines) is 1. The van der Waals surface area contributed by atoms with Gasteiger partial charge in [-0.3, -0.25) is 14.9 Å². The van der Waals surface area contributed by atoms with Gasteiger partial charge in [-0.2, -0.15) is 0 Å². The summed E-state index contributed by atoms with van der Waals surface area (Å²) < 4.78 is 5.59. The third kappa shape index (κ3) is 4.37. The summed E-state index contributed by atoms with van der Waals surface area (Å²) in [5.41, 5.74) is 5.41. The number of nitrogens with one attached hydrogen (secondary N) is 1. The molecule has 0 spiro atoms. The van der Waals surface area contributed by atoms with Crippen LogP contribution in [0.5, 0.6) is 0 Å². The molecular formula is C28H26N2O5. The van der Waals surface area contributed by atoms with Gasteiger partial charge in [0, 0.05) is 30.3 Å². The Balaban J connectivity index is 1.24. The molecule has 0 saturated carbocycles. The van der Waals surface area contributed by atoms with Crippen molar-refractivity contribution in [2.75, 3.05) is 25.0 Å². The first kappa shape index (κ1) is 22.7. The van der Waals surface area contributed by atoms with Crippen LogP contribution in [0.2, 0.25) is 0 Å². The maximum Gasteiger partial charge on any atom is 0.411 e. The molecule has 0 bridgehead atoms. The maximum atomic E-state index is 12.9. The zero-order valence-electron chi connectivity index (χ0n) is 19.3. The van der Waals surface area contributed by atoms with Crippen LogP contribution in [0.25, 0.3) is 11.1 Å². The molecule has 3 aromatic rings. The second-order valence-electron chi connectivity index (χ2n) is 9.16. The summed E-state index contributed by atoms with van der Waals surface area (Å²) in [6, 6.07) is 22.9. The zero-order valence-corrected chi connectivity index (χ0v) is 19.3. The molecule has 1 aliphatic heterocycles. The predicted octanol–water partition coefficient (Wildman–Crippen LogP) is 4.84. The lowest BCUT2D eigenvalue weighted by Crippen LogP contribution is -2.30. The molecule has 0 radical (unpaired) electrons. The summed E-state index contributed by atoms with van der Waals surface area (Å²) in [6.07, 6.45) is -0.600. The van der Waals surface area contributed by atoms with Crippen molar-refractivity contribution in [3.8, 4) is 11.1 Å². The third-order valence-corrected chi connectivity index (χ3v) is 6.92. The summed E-state index contributed by atoms with van der Waals surface area (Å²) in [4.78, 5) is 38.5. The van der Waals surface area contributed by atoms with Gasteiger partial charge >= 0.3 is 12.1 Å². The van der Waals surface area contributed by atoms with E-state index < -0.39 is 18.0 Å². The van der Waals surface area contributed by atoms with Crippen molar-refractivity contribution >= 4 is 23.7 Å². The van der Waals surface area contributed by atoms with E-state index in [1.165, 1.54) is 0 Å². The highest BCUT2D eigenvalue weighted by atomic mass is 16.5. The number of hydrogen-bond acceptors (Lipinski definition) is 4. The maximum absolute atomic E-state index is 12.9. The topological polar surface area (TPSA) is 95.9 Å². The van der Waals surface area contributed by atoms with Gasteiger partial charge in [-0.05, 0) is 46.4 Å². The van der Waals surface area contributed by atoms with Gasteiger partial charge in [0.25, 0.3) is 5.91 Å². The van der Waals surface area contributed by atoms with Gasteiger partial charge < -0.3 is 14.7 Å². The van der Waals surface area contributed by atoms with E-state index in [1.807, 2.05) is 31.2 Å². The van der Waals surface area contributed by atoms with Crippen LogP contribution in [-0.2, 0) is 9.53 Å². The molecule has 7 heteroatoms. The van der Waals surface area contributed by atoms with Gasteiger partial charge in [0.1, 0.15) is 6.61 Å². The largest absolute Gasteiger partial charge is 0.481 e. The minimum Gasteiger partial charge on any atom is -0.481 e. The fourth-order valence-corrected chi connectivity index (χ4v) is 5.12. The van der Waals surface area contributed by atoms with Crippen molar-refractivity contribution in [2.45, 2.75) is 12.8 Å². The van der Waals surface area contributed by atoms with Gasteiger partial charge in [0.15, 0.2) is 0 Å². The van der Waals surface area contributed by atoms with Crippen LogP contribution >= 0.6 is 0 Å². The lowest BCUT2D eigenvalue weighted by molar-refractivity contribution is -0.142. The number of aliphatic carboxylic acids is 1. The first-order valence-electron chi connectivity index (χ1n) is 11.7. The predicted molar refractivity (Wildman–Crippen MR) is 131 cm³/mol. The van der Waals surface area contributed by atoms with Crippen molar-refractivity contribution in [3.63, 3.8) is 0 Å². The van der Waals surface area contributed by atoms with Gasteiger partial charge in [-0.1, -0.05) is 61.5 Å². The average Bonchev–Trinajstić information content (AvgIpc) is 3.41. The monoisotopic (exact) mass is 470 g/mol. The second kappa shape index (κ2) is 9.25. The highest BCUT2D eigenvalue weighted by Crippen LogP contribution is 2.44. The first-order valence-corrected chi connectivity index (χ1v) is 11.7. The number of hydrogen-bond donors (Lipinski definition) is 2. The Morgan fingerprint density at radius 1 is 0.943 bits per heavy atom. The number of benzene rings is 3. The lowest BCUT2D eigenvalue weighted by atomic mass is 9.98. The molecule has 2 aliphatic rings. The fourth-order valence-electron chi connectivity index (χ4n) is 5.12. The van der Waals surface area contributed by atoms with E-state index in [1.54, 1.807) is 29.2 Å². The lowest BCUT2D eigenvalue weighted by Gasteiger charge is -2.17. The number of rotatable bonds is 5. The molecule has 1 fully saturated rings. The molecule has 35 heavy (non-hydrogen) atoms. The second-order valence-corrected chi connectivity index (χ2v) is 9.16. The van der Waals surface area contributed by atoms with E-state index in [0.29, 0.717) is 17.8 Å². The number of carbonyl (C=O) groups excluding carboxylic acids is 2. The fraction of sp³-hybridized carbons (Fsp3) is 0.250. The van der Waals surface area contributed by atoms with Gasteiger partial charge in [0.05, 0.1) is 5.92 Å². The average molecular weight is 471 g/mol. The van der Waals surface area contributed by atoms with E-state index in [4.69, 9.17) is 4.74 Å². The Labute approximate surface area is 203 Å². The van der Waals surface area contributed by atoms with Crippen molar-refractivity contribution in [2.24, 2.45) is 11.8 Å². The number of anilines is 1. The normalized spacial score (nSPS) is 18.6. The van der Waals surface area contributed by atoms with E-state index in [9.17, 15) is 19.5 Å². The summed E-state index contributed by atoms with van der Waals surface area (Å²) in [6.45, 7) is 2.60. The third-order valence-electron chi connectivity index (χ3n) is 6.92. The molecule has 2 amide bonds. The van der Waals surface area contributed by atoms with Crippen LogP contribution < -0.4 is 5.32 Å². The van der Waals surface area contributed by atoms with Crippen LogP contribution in [0.1, 0.15) is 34.3 Å². The van der Waals surface area contributed by atoms with Crippen LogP contribution in [0, 0.1) is 11.8 Å². The number of nitrogens with zero attached hydrogens (tertiary/aromatic N) is 1. The molecule has 3 aromatic carbocycles. The Morgan fingerprint density at radius 2 is 1.60 bits per heavy atom. The number of carboxylic acid groups (broad SMARTS) is 1. The zero-order chi connectivity index (χ0) is 24.5. The van der Waals surface area contributed by atoms with Crippen molar-refractivity contribution in [1.82, 2.24) is 4.90 Å². The number of amides is 2. The molecule has 1 saturated heterocycles. The van der Waals surface area contributed by atoms with Gasteiger partial charge in [-0.15, -0.1) is 0 Å². The molecule has 2 N–H and O–H groups in total. The van der Waals surface area contributed by atoms with Crippen molar-refractivity contribution in [1.29, 1.82) is 0 Å². The highest BCUT2D eigenvalue weighted by Gasteiger charge is 2.37. The number of fused-ring (bicyclic) bond motifs is 3. The summed E-state index contributed by atoms with van der Waals surface area (Å²) in [5.74, 6) is -1.87. The number of carbonyl (C=O) groups is 3. The van der Waals surface area contributed by atoms with Crippen LogP contribution in [0.3, 0.4) is 0 Å². The van der Waals surface area contributed by atoms with Crippen LogP contribution in [0.4, 0.5) is 10.5 Å². The quantitative estimate of drug-likeness (QED) is 0.556. The summed E-state index contributed by atoms with van der Waals surface area (Å²) in [7, 11) is 0. The minimum atomic E-state index is -0.890.